The number of carbonyl (C=O) groups is 1. The van der Waals surface area contributed by atoms with E-state index in [-0.39, 0.29) is 45.8 Å². The predicted octanol–water partition coefficient (Wildman–Crippen LogP) is 4.45. The van der Waals surface area contributed by atoms with Gasteiger partial charge in [0, 0.05) is 31.1 Å². The fourth-order valence-corrected chi connectivity index (χ4v) is 3.61. The molecule has 0 saturated carbocycles. The summed E-state index contributed by atoms with van der Waals surface area (Å²) in [5, 5.41) is 3.09. The quantitative estimate of drug-likeness (QED) is 0.714. The van der Waals surface area contributed by atoms with Crippen LogP contribution in [0.3, 0.4) is 0 Å². The second kappa shape index (κ2) is 8.16. The fraction of sp³-hybridized carbons (Fsp3) is 0.545. The monoisotopic (exact) mass is 419 g/mol. The van der Waals surface area contributed by atoms with Crippen molar-refractivity contribution in [1.29, 1.82) is 0 Å². The van der Waals surface area contributed by atoms with Crippen LogP contribution >= 0.6 is 0 Å². The van der Waals surface area contributed by atoms with Gasteiger partial charge in [0.15, 0.2) is 11.0 Å². The summed E-state index contributed by atoms with van der Waals surface area (Å²) in [6.07, 6.45) is 0.919. The second-order valence-corrected chi connectivity index (χ2v) is 9.08. The topological polar surface area (TPSA) is 97.8 Å². The smallest absolute Gasteiger partial charge is 0.410 e. The van der Waals surface area contributed by atoms with E-state index >= 15 is 0 Å². The largest absolute Gasteiger partial charge is 0.458 e. The fourth-order valence-electron chi connectivity index (χ4n) is 3.61. The van der Waals surface area contributed by atoms with Gasteiger partial charge in [-0.05, 0) is 53.5 Å². The molecule has 2 heterocycles. The number of rotatable bonds is 3. The molecule has 3 N–H and O–H groups in total. The van der Waals surface area contributed by atoms with E-state index in [1.165, 1.54) is 6.07 Å². The van der Waals surface area contributed by atoms with Gasteiger partial charge in [0.1, 0.15) is 22.9 Å². The zero-order valence-corrected chi connectivity index (χ0v) is 18.2. The number of nitrogens with one attached hydrogen (secondary N) is 1. The van der Waals surface area contributed by atoms with Gasteiger partial charge in [0.05, 0.1) is 11.1 Å². The number of hydrogen-bond acceptors (Lipinski definition) is 6. The number of hydrogen-bond donors (Lipinski definition) is 2. The standard InChI is InChI=1S/C22H30FN3O4/c1-12(2)25-19-15(23)10-14-16(27)11-17(29-20(14)18(19)24)13-6-8-26(9-7-13)21(28)30-22(3,4)5/h10-13,25H,6-9,24H2,1-5H3. The van der Waals surface area contributed by atoms with Crippen LogP contribution in [-0.4, -0.2) is 35.7 Å². The van der Waals surface area contributed by atoms with E-state index in [9.17, 15) is 14.0 Å². The van der Waals surface area contributed by atoms with Crippen LogP contribution in [0.2, 0.25) is 0 Å². The van der Waals surface area contributed by atoms with E-state index in [4.69, 9.17) is 14.9 Å². The maximum absolute atomic E-state index is 14.4. The molecule has 1 aromatic carbocycles. The minimum atomic E-state index is -0.584. The summed E-state index contributed by atoms with van der Waals surface area (Å²) in [6.45, 7) is 10.2. The van der Waals surface area contributed by atoms with Crippen LogP contribution in [0.4, 0.5) is 20.6 Å². The minimum Gasteiger partial charge on any atom is -0.458 e. The van der Waals surface area contributed by atoms with E-state index in [0.717, 1.165) is 6.07 Å². The number of anilines is 2. The highest BCUT2D eigenvalue weighted by atomic mass is 19.1. The highest BCUT2D eigenvalue weighted by Crippen LogP contribution is 2.35. The summed E-state index contributed by atoms with van der Waals surface area (Å²) in [6, 6.07) is 2.54. The molecule has 0 bridgehead atoms. The van der Waals surface area contributed by atoms with Gasteiger partial charge in [-0.3, -0.25) is 4.79 Å². The average molecular weight is 419 g/mol. The molecule has 0 aliphatic carbocycles. The van der Waals surface area contributed by atoms with Crippen LogP contribution in [0, 0.1) is 5.82 Å². The van der Waals surface area contributed by atoms with Crippen molar-refractivity contribution in [2.75, 3.05) is 24.1 Å². The number of benzene rings is 1. The molecule has 7 nitrogen and oxygen atoms in total. The van der Waals surface area contributed by atoms with Crippen molar-refractivity contribution in [2.45, 2.75) is 65.0 Å². The van der Waals surface area contributed by atoms with Crippen LogP contribution in [0.1, 0.15) is 59.1 Å². The van der Waals surface area contributed by atoms with E-state index < -0.39 is 11.4 Å². The highest BCUT2D eigenvalue weighted by molar-refractivity contribution is 5.95. The van der Waals surface area contributed by atoms with Crippen LogP contribution in [-0.2, 0) is 4.74 Å². The number of nitrogen functional groups attached to an aromatic ring is 1. The lowest BCUT2D eigenvalue weighted by Crippen LogP contribution is -2.41. The third-order valence-electron chi connectivity index (χ3n) is 5.01. The molecule has 0 radical (unpaired) electrons. The molecule has 1 aliphatic heterocycles. The number of fused-ring (bicyclic) bond motifs is 1. The first-order valence-electron chi connectivity index (χ1n) is 10.3. The molecule has 0 spiro atoms. The Morgan fingerprint density at radius 3 is 2.50 bits per heavy atom. The molecule has 2 aromatic rings. The summed E-state index contributed by atoms with van der Waals surface area (Å²) in [7, 11) is 0. The molecule has 8 heteroatoms. The van der Waals surface area contributed by atoms with E-state index in [0.29, 0.717) is 31.7 Å². The van der Waals surface area contributed by atoms with Gasteiger partial charge in [0.2, 0.25) is 0 Å². The zero-order valence-electron chi connectivity index (χ0n) is 18.2. The maximum Gasteiger partial charge on any atom is 0.410 e. The number of nitrogens with zero attached hydrogens (tertiary/aromatic N) is 1. The molecule has 1 amide bonds. The van der Waals surface area contributed by atoms with Crippen molar-refractivity contribution in [3.05, 3.63) is 33.9 Å². The van der Waals surface area contributed by atoms with Gasteiger partial charge in [-0.1, -0.05) is 0 Å². The molecule has 1 aromatic heterocycles. The summed E-state index contributed by atoms with van der Waals surface area (Å²) in [5.41, 5.74) is 5.69. The minimum absolute atomic E-state index is 0.0354. The maximum atomic E-state index is 14.4. The van der Waals surface area contributed by atoms with Crippen molar-refractivity contribution in [2.24, 2.45) is 0 Å². The Hall–Kier alpha value is -2.77. The first-order valence-corrected chi connectivity index (χ1v) is 10.3. The average Bonchev–Trinajstić information content (AvgIpc) is 2.64. The highest BCUT2D eigenvalue weighted by Gasteiger charge is 2.29. The van der Waals surface area contributed by atoms with Gasteiger partial charge in [-0.15, -0.1) is 0 Å². The molecule has 30 heavy (non-hydrogen) atoms. The molecule has 0 atom stereocenters. The lowest BCUT2D eigenvalue weighted by molar-refractivity contribution is 0.0200. The van der Waals surface area contributed by atoms with Crippen molar-refractivity contribution in [3.63, 3.8) is 0 Å². The Labute approximate surface area is 175 Å². The lowest BCUT2D eigenvalue weighted by atomic mass is 9.94. The summed E-state index contributed by atoms with van der Waals surface area (Å²) < 4.78 is 25.9. The lowest BCUT2D eigenvalue weighted by Gasteiger charge is -2.33. The van der Waals surface area contributed by atoms with Gasteiger partial charge < -0.3 is 25.1 Å². The molecule has 0 unspecified atom stereocenters. The Morgan fingerprint density at radius 1 is 1.30 bits per heavy atom. The van der Waals surface area contributed by atoms with E-state index in [1.807, 2.05) is 34.6 Å². The summed E-state index contributed by atoms with van der Waals surface area (Å²) in [4.78, 5) is 26.5. The van der Waals surface area contributed by atoms with Gasteiger partial charge in [0.25, 0.3) is 0 Å². The third kappa shape index (κ3) is 4.68. The molecule has 1 fully saturated rings. The van der Waals surface area contributed by atoms with Crippen molar-refractivity contribution < 1.29 is 18.3 Å². The number of halogens is 1. The van der Waals surface area contributed by atoms with Crippen LogP contribution in [0.25, 0.3) is 11.0 Å². The van der Waals surface area contributed by atoms with Crippen molar-refractivity contribution in [1.82, 2.24) is 4.90 Å². The Kier molecular flexibility index (Phi) is 5.97. The molecule has 3 rings (SSSR count). The molecule has 1 aliphatic rings. The number of nitrogens with two attached hydrogens (primary N) is 1. The van der Waals surface area contributed by atoms with E-state index in [1.54, 1.807) is 4.90 Å². The zero-order chi connectivity index (χ0) is 22.2. The second-order valence-electron chi connectivity index (χ2n) is 9.08. The Balaban J connectivity index is 1.85. The van der Waals surface area contributed by atoms with Crippen molar-refractivity contribution >= 4 is 28.4 Å². The van der Waals surface area contributed by atoms with Crippen LogP contribution < -0.4 is 16.5 Å². The number of ether oxygens (including phenoxy) is 1. The van der Waals surface area contributed by atoms with Gasteiger partial charge in [-0.25, -0.2) is 9.18 Å². The Morgan fingerprint density at radius 2 is 1.93 bits per heavy atom. The summed E-state index contributed by atoms with van der Waals surface area (Å²) >= 11 is 0. The number of amides is 1. The molecular formula is C22H30FN3O4. The number of piperidine rings is 1. The molecule has 1 saturated heterocycles. The van der Waals surface area contributed by atoms with Gasteiger partial charge in [-0.2, -0.15) is 0 Å². The number of likely N-dealkylation sites (tertiary alicyclic amines) is 1. The molecule has 164 valence electrons. The van der Waals surface area contributed by atoms with E-state index in [2.05, 4.69) is 5.32 Å². The van der Waals surface area contributed by atoms with Crippen LogP contribution in [0.5, 0.6) is 0 Å². The first-order chi connectivity index (χ1) is 14.0. The van der Waals surface area contributed by atoms with Gasteiger partial charge >= 0.3 is 6.09 Å². The summed E-state index contributed by atoms with van der Waals surface area (Å²) in [5.74, 6) is -0.115. The number of carbonyl (C=O) groups excluding carboxylic acids is 1. The normalized spacial score (nSPS) is 15.6. The third-order valence-corrected chi connectivity index (χ3v) is 5.01. The predicted molar refractivity (Wildman–Crippen MR) is 115 cm³/mol. The van der Waals surface area contributed by atoms with Crippen LogP contribution in [0.15, 0.2) is 21.3 Å². The molecular weight excluding hydrogens is 389 g/mol. The Bertz CT molecular complexity index is 1000. The SMILES string of the molecule is CC(C)Nc1c(F)cc2c(=O)cc(C3CCN(C(=O)OC(C)(C)C)CC3)oc2c1N. The van der Waals surface area contributed by atoms with Crippen molar-refractivity contribution in [3.8, 4) is 0 Å². The first kappa shape index (κ1) is 21.9.